The van der Waals surface area contributed by atoms with Gasteiger partial charge in [0.15, 0.2) is 0 Å². The molecule has 0 saturated carbocycles. The number of nitrogens with zero attached hydrogens (tertiary/aromatic N) is 2. The molecule has 2 aliphatic rings. The molecule has 2 saturated heterocycles. The number of ether oxygens (including phenoxy) is 1. The Morgan fingerprint density at radius 2 is 1.56 bits per heavy atom. The number of carbonyl (C=O) groups is 1. The molecule has 0 aliphatic carbocycles. The van der Waals surface area contributed by atoms with Gasteiger partial charge in [0.1, 0.15) is 5.75 Å². The first-order chi connectivity index (χ1) is 17.6. The molecule has 2 heterocycles. The van der Waals surface area contributed by atoms with Crippen molar-refractivity contribution >= 4 is 11.7 Å². The highest BCUT2D eigenvalue weighted by Gasteiger charge is 2.47. The van der Waals surface area contributed by atoms with Gasteiger partial charge < -0.3 is 15.0 Å². The van der Waals surface area contributed by atoms with E-state index >= 15 is 0 Å². The molecule has 2 aliphatic heterocycles. The molecule has 5 rings (SSSR count). The summed E-state index contributed by atoms with van der Waals surface area (Å²) in [5.74, 6) is 7.68. The topological polar surface area (TPSA) is 44.8 Å². The standard InChI is InChI=1S/C31H33N3O2/c1-23-30(26-14-12-25(13-15-26)11-10-24-8-4-3-5-9-24)29-22-33(20-6-7-21-34(23)29)31(35)32-27-16-18-28(36-2)19-17-27/h3-5,8-9,12-19,23,29-30H,6-7,20-22H2,1-2H3,(H,32,35)/t23-,29+,30-/m1/s1. The van der Waals surface area contributed by atoms with Crippen molar-refractivity contribution in [1.29, 1.82) is 0 Å². The molecule has 0 bridgehead atoms. The number of nitrogens with one attached hydrogen (secondary N) is 1. The molecule has 3 aromatic carbocycles. The molecular weight excluding hydrogens is 446 g/mol. The Bertz CT molecular complexity index is 1230. The first kappa shape index (κ1) is 24.0. The van der Waals surface area contributed by atoms with E-state index in [-0.39, 0.29) is 6.03 Å². The van der Waals surface area contributed by atoms with E-state index in [1.54, 1.807) is 7.11 Å². The Hall–Kier alpha value is -3.75. The zero-order chi connectivity index (χ0) is 24.9. The Morgan fingerprint density at radius 3 is 2.25 bits per heavy atom. The van der Waals surface area contributed by atoms with Gasteiger partial charge in [-0.3, -0.25) is 4.90 Å². The van der Waals surface area contributed by atoms with Crippen LogP contribution in [0.3, 0.4) is 0 Å². The maximum absolute atomic E-state index is 13.2. The maximum atomic E-state index is 13.2. The van der Waals surface area contributed by atoms with Gasteiger partial charge in [-0.2, -0.15) is 0 Å². The highest BCUT2D eigenvalue weighted by molar-refractivity contribution is 5.89. The van der Waals surface area contributed by atoms with Crippen molar-refractivity contribution in [3.05, 3.63) is 95.6 Å². The Balaban J connectivity index is 1.28. The number of methoxy groups -OCH3 is 1. The minimum absolute atomic E-state index is 0.0353. The van der Waals surface area contributed by atoms with Crippen LogP contribution >= 0.6 is 0 Å². The van der Waals surface area contributed by atoms with Gasteiger partial charge in [-0.25, -0.2) is 4.79 Å². The summed E-state index contributed by atoms with van der Waals surface area (Å²) in [6.07, 6.45) is 2.12. The van der Waals surface area contributed by atoms with Gasteiger partial charge in [-0.05, 0) is 80.4 Å². The third kappa shape index (κ3) is 5.24. The molecule has 2 fully saturated rings. The van der Waals surface area contributed by atoms with Crippen LogP contribution in [0.4, 0.5) is 10.5 Å². The van der Waals surface area contributed by atoms with E-state index in [9.17, 15) is 4.79 Å². The SMILES string of the molecule is COc1ccc(NC(=O)N2CCCCN3[C@H](C)[C@H](c4ccc(C#Cc5ccccc5)cc4)[C@@H]3C2)cc1. The van der Waals surface area contributed by atoms with Gasteiger partial charge in [0, 0.05) is 47.9 Å². The quantitative estimate of drug-likeness (QED) is 0.499. The minimum Gasteiger partial charge on any atom is -0.497 e. The highest BCUT2D eigenvalue weighted by atomic mass is 16.5. The van der Waals surface area contributed by atoms with Crippen LogP contribution in [-0.2, 0) is 0 Å². The van der Waals surface area contributed by atoms with Gasteiger partial charge in [0.25, 0.3) is 0 Å². The summed E-state index contributed by atoms with van der Waals surface area (Å²) in [5, 5.41) is 3.07. The fourth-order valence-corrected chi connectivity index (χ4v) is 5.45. The fourth-order valence-electron chi connectivity index (χ4n) is 5.45. The molecule has 5 nitrogen and oxygen atoms in total. The summed E-state index contributed by atoms with van der Waals surface area (Å²) in [4.78, 5) is 17.7. The van der Waals surface area contributed by atoms with E-state index in [0.29, 0.717) is 18.0 Å². The van der Waals surface area contributed by atoms with Gasteiger partial charge in [0.2, 0.25) is 0 Å². The zero-order valence-corrected chi connectivity index (χ0v) is 21.0. The summed E-state index contributed by atoms with van der Waals surface area (Å²) in [5.41, 5.74) is 4.15. The second kappa shape index (κ2) is 10.9. The van der Waals surface area contributed by atoms with E-state index in [1.165, 1.54) is 5.56 Å². The summed E-state index contributed by atoms with van der Waals surface area (Å²) in [6.45, 7) is 4.92. The summed E-state index contributed by atoms with van der Waals surface area (Å²) in [6, 6.07) is 27.0. The molecule has 3 atom stereocenters. The van der Waals surface area contributed by atoms with Crippen LogP contribution in [0.1, 0.15) is 42.4 Å². The molecule has 5 heteroatoms. The first-order valence-corrected chi connectivity index (χ1v) is 12.7. The van der Waals surface area contributed by atoms with Gasteiger partial charge in [0.05, 0.1) is 7.11 Å². The van der Waals surface area contributed by atoms with Crippen LogP contribution in [0.15, 0.2) is 78.9 Å². The number of hydrogen-bond acceptors (Lipinski definition) is 3. The lowest BCUT2D eigenvalue weighted by atomic mass is 9.75. The Labute approximate surface area is 214 Å². The molecule has 184 valence electrons. The number of benzene rings is 3. The third-order valence-corrected chi connectivity index (χ3v) is 7.43. The third-order valence-electron chi connectivity index (χ3n) is 7.43. The molecule has 1 N–H and O–H groups in total. The molecule has 0 aromatic heterocycles. The Morgan fingerprint density at radius 1 is 0.889 bits per heavy atom. The smallest absolute Gasteiger partial charge is 0.321 e. The zero-order valence-electron chi connectivity index (χ0n) is 21.0. The maximum Gasteiger partial charge on any atom is 0.321 e. The van der Waals surface area contributed by atoms with Crippen molar-refractivity contribution < 1.29 is 9.53 Å². The van der Waals surface area contributed by atoms with Crippen LogP contribution in [-0.4, -0.2) is 54.7 Å². The molecule has 0 unspecified atom stereocenters. The number of amides is 2. The molecular formula is C31H33N3O2. The van der Waals surface area contributed by atoms with Crippen LogP contribution in [0.2, 0.25) is 0 Å². The molecule has 3 aromatic rings. The number of rotatable bonds is 3. The van der Waals surface area contributed by atoms with E-state index in [1.807, 2.05) is 59.5 Å². The van der Waals surface area contributed by atoms with Crippen molar-refractivity contribution in [3.8, 4) is 17.6 Å². The number of fused-ring (bicyclic) bond motifs is 1. The Kier molecular flexibility index (Phi) is 7.25. The van der Waals surface area contributed by atoms with Crippen LogP contribution < -0.4 is 10.1 Å². The van der Waals surface area contributed by atoms with Crippen molar-refractivity contribution in [2.24, 2.45) is 0 Å². The predicted molar refractivity (Wildman–Crippen MR) is 144 cm³/mol. The molecule has 36 heavy (non-hydrogen) atoms. The number of anilines is 1. The van der Waals surface area contributed by atoms with Crippen molar-refractivity contribution in [2.75, 3.05) is 32.1 Å². The van der Waals surface area contributed by atoms with E-state index < -0.39 is 0 Å². The molecule has 0 radical (unpaired) electrons. The summed E-state index contributed by atoms with van der Waals surface area (Å²) < 4.78 is 5.22. The second-order valence-corrected chi connectivity index (χ2v) is 9.62. The fraction of sp³-hybridized carbons (Fsp3) is 0.323. The second-order valence-electron chi connectivity index (χ2n) is 9.62. The highest BCUT2D eigenvalue weighted by Crippen LogP contribution is 2.41. The van der Waals surface area contributed by atoms with Gasteiger partial charge in [-0.15, -0.1) is 0 Å². The van der Waals surface area contributed by atoms with Gasteiger partial charge in [-0.1, -0.05) is 42.2 Å². The summed E-state index contributed by atoms with van der Waals surface area (Å²) >= 11 is 0. The van der Waals surface area contributed by atoms with Crippen molar-refractivity contribution in [3.63, 3.8) is 0 Å². The van der Waals surface area contributed by atoms with Crippen molar-refractivity contribution in [1.82, 2.24) is 9.80 Å². The number of carbonyl (C=O) groups excluding carboxylic acids is 1. The van der Waals surface area contributed by atoms with Crippen molar-refractivity contribution in [2.45, 2.75) is 37.8 Å². The number of urea groups is 1. The monoisotopic (exact) mass is 479 g/mol. The minimum atomic E-state index is -0.0353. The van der Waals surface area contributed by atoms with Crippen LogP contribution in [0.25, 0.3) is 0 Å². The number of hydrogen-bond donors (Lipinski definition) is 1. The lowest BCUT2D eigenvalue weighted by Gasteiger charge is -2.56. The first-order valence-electron chi connectivity index (χ1n) is 12.7. The van der Waals surface area contributed by atoms with E-state index in [0.717, 1.165) is 55.0 Å². The van der Waals surface area contributed by atoms with Crippen LogP contribution in [0, 0.1) is 11.8 Å². The average Bonchev–Trinajstić information content (AvgIpc) is 2.90. The summed E-state index contributed by atoms with van der Waals surface area (Å²) in [7, 11) is 1.64. The van der Waals surface area contributed by atoms with Crippen LogP contribution in [0.5, 0.6) is 5.75 Å². The normalized spacial score (nSPS) is 21.6. The lowest BCUT2D eigenvalue weighted by molar-refractivity contribution is -0.0259. The molecule has 2 amide bonds. The van der Waals surface area contributed by atoms with E-state index in [4.69, 9.17) is 4.74 Å². The van der Waals surface area contributed by atoms with E-state index in [2.05, 4.69) is 53.2 Å². The average molecular weight is 480 g/mol. The van der Waals surface area contributed by atoms with Gasteiger partial charge >= 0.3 is 6.03 Å². The lowest BCUT2D eigenvalue weighted by Crippen LogP contribution is -2.66. The molecule has 0 spiro atoms. The largest absolute Gasteiger partial charge is 0.497 e. The predicted octanol–water partition coefficient (Wildman–Crippen LogP) is 5.58.